The van der Waals surface area contributed by atoms with Crippen molar-refractivity contribution in [2.24, 2.45) is 11.8 Å². The lowest BCUT2D eigenvalue weighted by atomic mass is 9.74. The Morgan fingerprint density at radius 2 is 1.59 bits per heavy atom. The van der Waals surface area contributed by atoms with Gasteiger partial charge in [-0.25, -0.2) is 0 Å². The van der Waals surface area contributed by atoms with Gasteiger partial charge in [0, 0.05) is 36.7 Å². The number of anilines is 2. The predicted molar refractivity (Wildman–Crippen MR) is 154 cm³/mol. The summed E-state index contributed by atoms with van der Waals surface area (Å²) in [6, 6.07) is 15.8. The molecule has 0 bridgehead atoms. The molecule has 0 aliphatic carbocycles. The third-order valence-electron chi connectivity index (χ3n) is 8.33. The number of halogens is 1. The minimum absolute atomic E-state index is 0.107. The Morgan fingerprint density at radius 3 is 2.33 bits per heavy atom. The molecule has 2 saturated heterocycles. The van der Waals surface area contributed by atoms with E-state index >= 15 is 0 Å². The highest BCUT2D eigenvalue weighted by atomic mass is 35.5. The largest absolute Gasteiger partial charge is 0.396 e. The number of carbonyl (C=O) groups is 3. The number of hydrogen-bond donors (Lipinski definition) is 1. The van der Waals surface area contributed by atoms with E-state index in [-0.39, 0.29) is 30.9 Å². The van der Waals surface area contributed by atoms with E-state index in [0.717, 1.165) is 5.69 Å². The van der Waals surface area contributed by atoms with Gasteiger partial charge in [-0.2, -0.15) is 0 Å². The fourth-order valence-electron chi connectivity index (χ4n) is 6.73. The SMILES string of the molecule is C[C@]12C=CCN(c3ccccc3)C(=O)[C@H]1[C@H]1C(=O)N(CCCO)C3C(=O)N(c4ccccc4Cl)CC=C[C@@]31S2. The van der Waals surface area contributed by atoms with Crippen LogP contribution in [-0.2, 0) is 14.4 Å². The number of para-hydroxylation sites is 2. The Bertz CT molecular complexity index is 1380. The topological polar surface area (TPSA) is 81.2 Å². The van der Waals surface area contributed by atoms with Crippen molar-refractivity contribution in [3.05, 3.63) is 83.9 Å². The number of carbonyl (C=O) groups excluding carboxylic acids is 3. The van der Waals surface area contributed by atoms with E-state index in [2.05, 4.69) is 0 Å². The summed E-state index contributed by atoms with van der Waals surface area (Å²) < 4.78 is -1.63. The van der Waals surface area contributed by atoms with Crippen LogP contribution < -0.4 is 9.80 Å². The van der Waals surface area contributed by atoms with Crippen LogP contribution in [0, 0.1) is 11.8 Å². The molecule has 2 aromatic carbocycles. The molecule has 6 rings (SSSR count). The van der Waals surface area contributed by atoms with Gasteiger partial charge < -0.3 is 19.8 Å². The zero-order chi connectivity index (χ0) is 27.4. The van der Waals surface area contributed by atoms with Crippen molar-refractivity contribution < 1.29 is 19.5 Å². The van der Waals surface area contributed by atoms with E-state index in [1.54, 1.807) is 38.6 Å². The highest BCUT2D eigenvalue weighted by molar-refractivity contribution is 8.02. The molecular formula is C30H30ClN3O4S. The maximum atomic E-state index is 14.4. The average molecular weight is 564 g/mol. The van der Waals surface area contributed by atoms with Crippen LogP contribution in [0.1, 0.15) is 13.3 Å². The third-order valence-corrected chi connectivity index (χ3v) is 10.4. The van der Waals surface area contributed by atoms with Crippen molar-refractivity contribution >= 4 is 52.5 Å². The summed E-state index contributed by atoms with van der Waals surface area (Å²) in [5.74, 6) is -1.97. The molecule has 4 aliphatic heterocycles. The number of fused-ring (bicyclic) bond motifs is 2. The zero-order valence-electron chi connectivity index (χ0n) is 21.6. The molecule has 1 spiro atoms. The second-order valence-corrected chi connectivity index (χ2v) is 12.8. The fraction of sp³-hybridized carbons (Fsp3) is 0.367. The smallest absolute Gasteiger partial charge is 0.251 e. The highest BCUT2D eigenvalue weighted by Crippen LogP contribution is 2.65. The van der Waals surface area contributed by atoms with Gasteiger partial charge in [0.1, 0.15) is 6.04 Å². The quantitative estimate of drug-likeness (QED) is 0.558. The minimum atomic E-state index is -0.946. The predicted octanol–water partition coefficient (Wildman–Crippen LogP) is 3.92. The minimum Gasteiger partial charge on any atom is -0.396 e. The van der Waals surface area contributed by atoms with Crippen LogP contribution in [0.25, 0.3) is 0 Å². The molecule has 0 saturated carbocycles. The lowest BCUT2D eigenvalue weighted by molar-refractivity contribution is -0.139. The first-order chi connectivity index (χ1) is 18.8. The second-order valence-electron chi connectivity index (χ2n) is 10.6. The number of nitrogens with zero attached hydrogens (tertiary/aromatic N) is 3. The molecule has 3 amide bonds. The van der Waals surface area contributed by atoms with Crippen molar-refractivity contribution in [2.45, 2.75) is 28.9 Å². The molecule has 0 aromatic heterocycles. The van der Waals surface area contributed by atoms with Gasteiger partial charge in [0.25, 0.3) is 5.91 Å². The standard InChI is InChI=1S/C30H30ClN3O4S/c1-29-14-7-16-32(20-10-3-2-4-11-20)26(36)23(29)24-27(37)34(18-9-19-35)25-28(38)33(17-8-15-30(24,25)39-29)22-13-6-5-12-21(22)31/h2-8,10-15,23-25,35H,9,16-19H2,1H3/t23-,24+,25?,29+,30+/m1/s1. The van der Waals surface area contributed by atoms with E-state index in [1.807, 2.05) is 73.7 Å². The number of aliphatic hydroxyl groups excluding tert-OH is 1. The van der Waals surface area contributed by atoms with E-state index < -0.39 is 27.4 Å². The van der Waals surface area contributed by atoms with Gasteiger partial charge in [-0.15, -0.1) is 11.8 Å². The van der Waals surface area contributed by atoms with Crippen molar-refractivity contribution in [1.82, 2.24) is 4.90 Å². The molecule has 202 valence electrons. The van der Waals surface area contributed by atoms with Gasteiger partial charge in [-0.05, 0) is 37.6 Å². The first-order valence-electron chi connectivity index (χ1n) is 13.2. The van der Waals surface area contributed by atoms with Crippen LogP contribution >= 0.6 is 23.4 Å². The Hall–Kier alpha value is -3.07. The van der Waals surface area contributed by atoms with Crippen molar-refractivity contribution in [2.75, 3.05) is 36.0 Å². The van der Waals surface area contributed by atoms with Crippen LogP contribution in [0.4, 0.5) is 11.4 Å². The van der Waals surface area contributed by atoms with Gasteiger partial charge in [0.05, 0.1) is 27.3 Å². The van der Waals surface area contributed by atoms with E-state index in [4.69, 9.17) is 11.6 Å². The monoisotopic (exact) mass is 563 g/mol. The number of benzene rings is 2. The summed E-state index contributed by atoms with van der Waals surface area (Å²) in [6.07, 6.45) is 8.31. The third kappa shape index (κ3) is 3.95. The molecule has 1 unspecified atom stereocenters. The molecule has 7 nitrogen and oxygen atoms in total. The summed E-state index contributed by atoms with van der Waals surface area (Å²) in [6.45, 7) is 2.85. The van der Waals surface area contributed by atoms with Crippen LogP contribution in [0.2, 0.25) is 5.02 Å². The summed E-state index contributed by atoms with van der Waals surface area (Å²) in [5, 5.41) is 10.1. The van der Waals surface area contributed by atoms with Crippen LogP contribution in [0.5, 0.6) is 0 Å². The maximum Gasteiger partial charge on any atom is 0.251 e. The number of hydrogen-bond acceptors (Lipinski definition) is 5. The van der Waals surface area contributed by atoms with Crippen LogP contribution in [-0.4, -0.2) is 69.5 Å². The normalized spacial score (nSPS) is 31.7. The lowest BCUT2D eigenvalue weighted by Crippen LogP contribution is -2.53. The number of aliphatic hydroxyl groups is 1. The molecule has 2 fully saturated rings. The zero-order valence-corrected chi connectivity index (χ0v) is 23.1. The molecule has 9 heteroatoms. The van der Waals surface area contributed by atoms with Crippen LogP contribution in [0.15, 0.2) is 78.9 Å². The van der Waals surface area contributed by atoms with Gasteiger partial charge in [0.2, 0.25) is 11.8 Å². The summed E-state index contributed by atoms with van der Waals surface area (Å²) in [7, 11) is 0. The van der Waals surface area contributed by atoms with E-state index in [0.29, 0.717) is 30.2 Å². The number of rotatable bonds is 5. The number of thioether (sulfide) groups is 1. The number of likely N-dealkylation sites (tertiary alicyclic amines) is 1. The Kier molecular flexibility index (Phi) is 6.60. The molecular weight excluding hydrogens is 534 g/mol. The molecule has 2 aromatic rings. The Morgan fingerprint density at radius 1 is 0.897 bits per heavy atom. The van der Waals surface area contributed by atoms with E-state index in [1.165, 1.54) is 0 Å². The van der Waals surface area contributed by atoms with Crippen LogP contribution in [0.3, 0.4) is 0 Å². The molecule has 4 heterocycles. The summed E-state index contributed by atoms with van der Waals surface area (Å²) in [4.78, 5) is 48.1. The molecule has 4 aliphatic rings. The lowest BCUT2D eigenvalue weighted by Gasteiger charge is -2.37. The molecule has 39 heavy (non-hydrogen) atoms. The highest BCUT2D eigenvalue weighted by Gasteiger charge is 2.74. The molecule has 5 atom stereocenters. The summed E-state index contributed by atoms with van der Waals surface area (Å²) >= 11 is 8.06. The number of amides is 3. The Balaban J connectivity index is 1.48. The second kappa shape index (κ2) is 9.84. The Labute approximate surface area is 237 Å². The summed E-state index contributed by atoms with van der Waals surface area (Å²) in [5.41, 5.74) is 1.36. The maximum absolute atomic E-state index is 14.4. The van der Waals surface area contributed by atoms with Gasteiger partial charge >= 0.3 is 0 Å². The van der Waals surface area contributed by atoms with Gasteiger partial charge in [0.15, 0.2) is 0 Å². The first kappa shape index (κ1) is 26.2. The average Bonchev–Trinajstić information content (AvgIpc) is 3.19. The molecule has 0 radical (unpaired) electrons. The van der Waals surface area contributed by atoms with Crippen molar-refractivity contribution in [3.8, 4) is 0 Å². The van der Waals surface area contributed by atoms with Crippen molar-refractivity contribution in [3.63, 3.8) is 0 Å². The molecule has 1 N–H and O–H groups in total. The first-order valence-corrected chi connectivity index (χ1v) is 14.4. The fourth-order valence-corrected chi connectivity index (χ4v) is 9.12. The van der Waals surface area contributed by atoms with E-state index in [9.17, 15) is 19.5 Å². The van der Waals surface area contributed by atoms with Gasteiger partial charge in [-0.1, -0.05) is 66.2 Å². The van der Waals surface area contributed by atoms with Gasteiger partial charge in [-0.3, -0.25) is 14.4 Å². The van der Waals surface area contributed by atoms with Crippen molar-refractivity contribution in [1.29, 1.82) is 0 Å².